The van der Waals surface area contributed by atoms with Crippen molar-refractivity contribution in [3.63, 3.8) is 0 Å². The molecule has 0 aliphatic carbocycles. The van der Waals surface area contributed by atoms with Gasteiger partial charge in [0.15, 0.2) is 0 Å². The SMILES string of the molecule is CNCC(C)c1ccc(Cn2cc(Br)cn2)cc1. The monoisotopic (exact) mass is 307 g/mol. The number of aromatic nitrogens is 2. The van der Waals surface area contributed by atoms with E-state index >= 15 is 0 Å². The molecule has 1 atom stereocenters. The van der Waals surface area contributed by atoms with Gasteiger partial charge in [0.2, 0.25) is 0 Å². The lowest BCUT2D eigenvalue weighted by atomic mass is 10.00. The van der Waals surface area contributed by atoms with E-state index in [0.29, 0.717) is 5.92 Å². The Kier molecular flexibility index (Phi) is 4.55. The van der Waals surface area contributed by atoms with E-state index < -0.39 is 0 Å². The summed E-state index contributed by atoms with van der Waals surface area (Å²) in [6.45, 7) is 4.05. The Morgan fingerprint density at radius 3 is 2.61 bits per heavy atom. The quantitative estimate of drug-likeness (QED) is 0.920. The second kappa shape index (κ2) is 6.16. The molecular formula is C14H18BrN3. The molecule has 4 heteroatoms. The fraction of sp³-hybridized carbons (Fsp3) is 0.357. The van der Waals surface area contributed by atoms with Crippen molar-refractivity contribution in [2.45, 2.75) is 19.4 Å². The first-order valence-corrected chi connectivity index (χ1v) is 6.89. The zero-order valence-electron chi connectivity index (χ0n) is 10.7. The molecule has 1 aromatic heterocycles. The molecule has 96 valence electrons. The molecule has 1 unspecified atom stereocenters. The highest BCUT2D eigenvalue weighted by atomic mass is 79.9. The Morgan fingerprint density at radius 2 is 2.06 bits per heavy atom. The lowest BCUT2D eigenvalue weighted by Gasteiger charge is -2.11. The summed E-state index contributed by atoms with van der Waals surface area (Å²) in [6, 6.07) is 8.76. The minimum Gasteiger partial charge on any atom is -0.319 e. The van der Waals surface area contributed by atoms with Crippen molar-refractivity contribution in [2.75, 3.05) is 13.6 Å². The zero-order valence-corrected chi connectivity index (χ0v) is 12.3. The number of nitrogens with one attached hydrogen (secondary N) is 1. The fourth-order valence-corrected chi connectivity index (χ4v) is 2.32. The molecule has 0 aliphatic rings. The first-order chi connectivity index (χ1) is 8.69. The maximum absolute atomic E-state index is 4.26. The van der Waals surface area contributed by atoms with Gasteiger partial charge in [0.1, 0.15) is 0 Å². The molecule has 0 bridgehead atoms. The van der Waals surface area contributed by atoms with E-state index in [2.05, 4.69) is 57.5 Å². The maximum atomic E-state index is 4.26. The molecule has 0 fully saturated rings. The van der Waals surface area contributed by atoms with Gasteiger partial charge in [-0.1, -0.05) is 31.2 Å². The van der Waals surface area contributed by atoms with E-state index in [1.165, 1.54) is 11.1 Å². The van der Waals surface area contributed by atoms with Crippen LogP contribution in [0.4, 0.5) is 0 Å². The molecule has 0 aliphatic heterocycles. The summed E-state index contributed by atoms with van der Waals surface area (Å²) in [6.07, 6.45) is 3.79. The van der Waals surface area contributed by atoms with E-state index in [1.54, 1.807) is 0 Å². The number of benzene rings is 1. The van der Waals surface area contributed by atoms with Gasteiger partial charge in [-0.05, 0) is 40.0 Å². The summed E-state index contributed by atoms with van der Waals surface area (Å²) in [7, 11) is 1.99. The summed E-state index contributed by atoms with van der Waals surface area (Å²) in [4.78, 5) is 0. The highest BCUT2D eigenvalue weighted by molar-refractivity contribution is 9.10. The second-order valence-electron chi connectivity index (χ2n) is 4.56. The van der Waals surface area contributed by atoms with Gasteiger partial charge in [-0.15, -0.1) is 0 Å². The molecule has 1 aromatic carbocycles. The minimum atomic E-state index is 0.544. The van der Waals surface area contributed by atoms with E-state index in [9.17, 15) is 0 Å². The average molecular weight is 308 g/mol. The van der Waals surface area contributed by atoms with Crippen LogP contribution in [-0.4, -0.2) is 23.4 Å². The number of hydrogen-bond donors (Lipinski definition) is 1. The van der Waals surface area contributed by atoms with Gasteiger partial charge < -0.3 is 5.32 Å². The molecule has 0 spiro atoms. The van der Waals surface area contributed by atoms with Crippen LogP contribution in [-0.2, 0) is 6.54 Å². The third-order valence-electron chi connectivity index (χ3n) is 3.01. The molecular weight excluding hydrogens is 290 g/mol. The highest BCUT2D eigenvalue weighted by Crippen LogP contribution is 2.16. The summed E-state index contributed by atoms with van der Waals surface area (Å²) in [5.41, 5.74) is 2.64. The Morgan fingerprint density at radius 1 is 1.33 bits per heavy atom. The molecule has 0 amide bonds. The van der Waals surface area contributed by atoms with Crippen LogP contribution in [0.2, 0.25) is 0 Å². The lowest BCUT2D eigenvalue weighted by Crippen LogP contribution is -2.14. The Bertz CT molecular complexity index is 490. The molecule has 2 rings (SSSR count). The number of likely N-dealkylation sites (N-methyl/N-ethyl adjacent to an activating group) is 1. The van der Waals surface area contributed by atoms with Gasteiger partial charge in [-0.25, -0.2) is 0 Å². The zero-order chi connectivity index (χ0) is 13.0. The molecule has 18 heavy (non-hydrogen) atoms. The van der Waals surface area contributed by atoms with Crippen LogP contribution in [0.1, 0.15) is 24.0 Å². The summed E-state index contributed by atoms with van der Waals surface area (Å²) < 4.78 is 2.94. The van der Waals surface area contributed by atoms with E-state index in [4.69, 9.17) is 0 Å². The molecule has 2 aromatic rings. The van der Waals surface area contributed by atoms with Crippen molar-refractivity contribution in [3.8, 4) is 0 Å². The molecule has 1 heterocycles. The van der Waals surface area contributed by atoms with Crippen molar-refractivity contribution in [1.29, 1.82) is 0 Å². The van der Waals surface area contributed by atoms with Gasteiger partial charge in [-0.2, -0.15) is 5.10 Å². The summed E-state index contributed by atoms with van der Waals surface area (Å²) >= 11 is 3.40. The standard InChI is InChI=1S/C14H18BrN3/c1-11(7-16-2)13-5-3-12(4-6-13)9-18-10-14(15)8-17-18/h3-6,8,10-11,16H,7,9H2,1-2H3. The smallest absolute Gasteiger partial charge is 0.0659 e. The number of rotatable bonds is 5. The van der Waals surface area contributed by atoms with Crippen molar-refractivity contribution in [2.24, 2.45) is 0 Å². The predicted octanol–water partition coefficient (Wildman–Crippen LogP) is 3.02. The summed E-state index contributed by atoms with van der Waals surface area (Å²) in [5.74, 6) is 0.544. The molecule has 3 nitrogen and oxygen atoms in total. The maximum Gasteiger partial charge on any atom is 0.0659 e. The first-order valence-electron chi connectivity index (χ1n) is 6.10. The molecule has 0 saturated carbocycles. The highest BCUT2D eigenvalue weighted by Gasteiger charge is 2.04. The van der Waals surface area contributed by atoms with Crippen LogP contribution in [0.3, 0.4) is 0 Å². The summed E-state index contributed by atoms with van der Waals surface area (Å²) in [5, 5.41) is 7.46. The largest absolute Gasteiger partial charge is 0.319 e. The van der Waals surface area contributed by atoms with Crippen LogP contribution in [0.5, 0.6) is 0 Å². The van der Waals surface area contributed by atoms with Crippen molar-refractivity contribution < 1.29 is 0 Å². The van der Waals surface area contributed by atoms with Gasteiger partial charge in [0.25, 0.3) is 0 Å². The van der Waals surface area contributed by atoms with Gasteiger partial charge in [0.05, 0.1) is 17.2 Å². The molecule has 0 saturated heterocycles. The van der Waals surface area contributed by atoms with Crippen LogP contribution in [0, 0.1) is 0 Å². The Balaban J connectivity index is 2.03. The molecule has 1 N–H and O–H groups in total. The van der Waals surface area contributed by atoms with Crippen molar-refractivity contribution in [3.05, 3.63) is 52.3 Å². The second-order valence-corrected chi connectivity index (χ2v) is 5.47. The lowest BCUT2D eigenvalue weighted by molar-refractivity contribution is 0.672. The topological polar surface area (TPSA) is 29.9 Å². The van der Waals surface area contributed by atoms with Crippen LogP contribution < -0.4 is 5.32 Å². The average Bonchev–Trinajstić information content (AvgIpc) is 2.76. The third kappa shape index (κ3) is 3.43. The van der Waals surface area contributed by atoms with Gasteiger partial charge in [-0.3, -0.25) is 4.68 Å². The van der Waals surface area contributed by atoms with E-state index in [-0.39, 0.29) is 0 Å². The van der Waals surface area contributed by atoms with E-state index in [1.807, 2.05) is 24.1 Å². The third-order valence-corrected chi connectivity index (χ3v) is 3.41. The van der Waals surface area contributed by atoms with Gasteiger partial charge in [0, 0.05) is 12.7 Å². The van der Waals surface area contributed by atoms with Crippen LogP contribution in [0.15, 0.2) is 41.1 Å². The normalized spacial score (nSPS) is 12.6. The number of halogens is 1. The van der Waals surface area contributed by atoms with Crippen molar-refractivity contribution in [1.82, 2.24) is 15.1 Å². The minimum absolute atomic E-state index is 0.544. The van der Waals surface area contributed by atoms with Crippen LogP contribution in [0.25, 0.3) is 0 Å². The fourth-order valence-electron chi connectivity index (χ4n) is 1.99. The first kappa shape index (κ1) is 13.3. The van der Waals surface area contributed by atoms with E-state index in [0.717, 1.165) is 17.6 Å². The molecule has 0 radical (unpaired) electrons. The van der Waals surface area contributed by atoms with Crippen LogP contribution >= 0.6 is 15.9 Å². The Hall–Kier alpha value is -1.13. The predicted molar refractivity (Wildman–Crippen MR) is 77.8 cm³/mol. The Labute approximate surface area is 116 Å². The van der Waals surface area contributed by atoms with Gasteiger partial charge >= 0.3 is 0 Å². The van der Waals surface area contributed by atoms with Crippen molar-refractivity contribution >= 4 is 15.9 Å². The number of nitrogens with zero attached hydrogens (tertiary/aromatic N) is 2. The number of hydrogen-bond acceptors (Lipinski definition) is 2.